The summed E-state index contributed by atoms with van der Waals surface area (Å²) in [5.74, 6) is -2.02. The van der Waals surface area contributed by atoms with Gasteiger partial charge in [0.15, 0.2) is 6.10 Å². The number of hydrogen-bond acceptors (Lipinski definition) is 7. The van der Waals surface area contributed by atoms with Crippen LogP contribution in [0.3, 0.4) is 0 Å². The van der Waals surface area contributed by atoms with E-state index in [2.05, 4.69) is 148 Å². The van der Waals surface area contributed by atoms with E-state index in [-0.39, 0.29) is 32.2 Å². The topological polar surface area (TPSA) is 108 Å². The van der Waals surface area contributed by atoms with E-state index < -0.39 is 24.3 Å². The van der Waals surface area contributed by atoms with Crippen LogP contribution in [0.4, 0.5) is 0 Å². The minimum atomic E-state index is -1.52. The second-order valence-corrected chi connectivity index (χ2v) is 25.9. The number of carboxylic acid groups (broad SMARTS) is 1. The molecule has 0 aliphatic carbocycles. The van der Waals surface area contributed by atoms with Crippen molar-refractivity contribution in [2.45, 2.75) is 322 Å². The molecule has 9 nitrogen and oxygen atoms in total. The molecule has 0 spiro atoms. The minimum Gasteiger partial charge on any atom is -0.477 e. The van der Waals surface area contributed by atoms with Crippen molar-refractivity contribution in [1.82, 2.24) is 0 Å². The van der Waals surface area contributed by atoms with Crippen LogP contribution in [-0.4, -0.2) is 87.4 Å². The summed E-state index contributed by atoms with van der Waals surface area (Å²) < 4.78 is 23.0. The van der Waals surface area contributed by atoms with E-state index in [4.69, 9.17) is 18.9 Å². The summed E-state index contributed by atoms with van der Waals surface area (Å²) in [6.07, 6.45) is 100.0. The van der Waals surface area contributed by atoms with Gasteiger partial charge >= 0.3 is 17.9 Å². The number of quaternary nitrogens is 1. The van der Waals surface area contributed by atoms with E-state index in [1.54, 1.807) is 0 Å². The Hall–Kier alpha value is -4.57. The molecule has 0 amide bonds. The van der Waals surface area contributed by atoms with Crippen molar-refractivity contribution in [3.63, 3.8) is 0 Å². The first-order valence-corrected chi connectivity index (χ1v) is 37.3. The SMILES string of the molecule is CC/C=C\C/C=C\C/C=C\C/C=C\C/C=C\C/C=C\C/C=C\C/C=C\CCCCCCCCCCC(=O)OC(COC(=O)CCCCCCCCCCCCCCCCCCCC/C=C\C/C=C\C/C=C\CCCCCCC)COC(OCC[N+](C)(C)C)C(=O)O. The Morgan fingerprint density at radius 1 is 0.341 bits per heavy atom. The van der Waals surface area contributed by atoms with Gasteiger partial charge in [0.05, 0.1) is 34.4 Å². The molecule has 520 valence electrons. The molecule has 0 aromatic carbocycles. The monoisotopic (exact) mass is 1270 g/mol. The number of ether oxygens (including phenoxy) is 4. The lowest BCUT2D eigenvalue weighted by Gasteiger charge is -2.25. The molecule has 0 aliphatic rings. The van der Waals surface area contributed by atoms with Crippen molar-refractivity contribution < 1.29 is 42.9 Å². The van der Waals surface area contributed by atoms with Gasteiger partial charge in [0.2, 0.25) is 0 Å². The zero-order valence-corrected chi connectivity index (χ0v) is 59.5. The van der Waals surface area contributed by atoms with Gasteiger partial charge in [-0.15, -0.1) is 0 Å². The standard InChI is InChI=1S/C82H139NO8/c1-6-8-10-12-14-16-18-20-22-24-26-28-30-32-34-36-38-40-42-44-46-48-50-52-54-56-58-60-62-64-66-68-70-72-79(84)89-76-78(77-90-82(81(86)87)88-75-74-83(3,4)5)91-80(85)73-71-69-67-65-63-61-59-57-55-53-51-49-47-45-43-41-39-37-35-33-31-29-27-25-23-21-19-17-15-13-11-9-7-2/h9,11,15,17-18,20-21,23-24,26-27,29-30,32-33,35,39,41,45,47,51,53,78,82H,6-8,10,12-14,16,19,22,25,28,31,34,36-38,40,42-44,46,48-50,52,54-77H2,1-5H3/p+1/b11-9-,17-15-,20-18-,23-21-,26-24-,29-27-,32-30-,35-33-,41-39-,47-45-,53-51-. The molecule has 0 rings (SSSR count). The molecular formula is C82H140NO8+. The van der Waals surface area contributed by atoms with Gasteiger partial charge in [0, 0.05) is 12.8 Å². The van der Waals surface area contributed by atoms with Gasteiger partial charge < -0.3 is 28.5 Å². The van der Waals surface area contributed by atoms with Crippen LogP contribution < -0.4 is 0 Å². The van der Waals surface area contributed by atoms with Crippen molar-refractivity contribution >= 4 is 17.9 Å². The van der Waals surface area contributed by atoms with Crippen molar-refractivity contribution in [1.29, 1.82) is 0 Å². The summed E-state index contributed by atoms with van der Waals surface area (Å²) in [6, 6.07) is 0. The summed E-state index contributed by atoms with van der Waals surface area (Å²) in [4.78, 5) is 37.7. The Balaban J connectivity index is 4.13. The van der Waals surface area contributed by atoms with Crippen LogP contribution in [0.5, 0.6) is 0 Å². The highest BCUT2D eigenvalue weighted by Crippen LogP contribution is 2.17. The highest BCUT2D eigenvalue weighted by Gasteiger charge is 2.25. The average Bonchev–Trinajstić information content (AvgIpc) is 3.46. The van der Waals surface area contributed by atoms with E-state index >= 15 is 0 Å². The Bertz CT molecular complexity index is 1960. The zero-order chi connectivity index (χ0) is 66.1. The molecule has 0 aromatic heterocycles. The molecule has 0 heterocycles. The number of hydrogen-bond donors (Lipinski definition) is 1. The molecule has 0 bridgehead atoms. The Kier molecular flexibility index (Phi) is 67.7. The highest BCUT2D eigenvalue weighted by atomic mass is 16.7. The van der Waals surface area contributed by atoms with Crippen LogP contribution in [0.15, 0.2) is 134 Å². The smallest absolute Gasteiger partial charge is 0.361 e. The average molecular weight is 1270 g/mol. The fourth-order valence-electron chi connectivity index (χ4n) is 10.2. The fourth-order valence-corrected chi connectivity index (χ4v) is 10.2. The molecule has 2 atom stereocenters. The second kappa shape index (κ2) is 71.3. The number of likely N-dealkylation sites (N-methyl/N-ethyl adjacent to an activating group) is 1. The number of carbonyl (C=O) groups excluding carboxylic acids is 2. The Morgan fingerprint density at radius 3 is 0.934 bits per heavy atom. The number of carboxylic acids is 1. The van der Waals surface area contributed by atoms with Crippen LogP contribution in [0.2, 0.25) is 0 Å². The van der Waals surface area contributed by atoms with Crippen molar-refractivity contribution in [2.24, 2.45) is 0 Å². The maximum atomic E-state index is 13.0. The third kappa shape index (κ3) is 72.7. The quantitative estimate of drug-likeness (QED) is 0.0211. The van der Waals surface area contributed by atoms with Crippen molar-refractivity contribution in [2.75, 3.05) is 47.5 Å². The molecule has 0 saturated carbocycles. The molecule has 0 aromatic rings. The summed E-state index contributed by atoms with van der Waals surface area (Å²) in [7, 11) is 5.97. The minimum absolute atomic E-state index is 0.181. The van der Waals surface area contributed by atoms with E-state index in [9.17, 15) is 19.5 Å². The van der Waals surface area contributed by atoms with E-state index in [0.717, 1.165) is 109 Å². The lowest BCUT2D eigenvalue weighted by atomic mass is 10.0. The zero-order valence-electron chi connectivity index (χ0n) is 59.5. The van der Waals surface area contributed by atoms with Crippen LogP contribution in [-0.2, 0) is 33.3 Å². The first kappa shape index (κ1) is 86.4. The molecule has 1 N–H and O–H groups in total. The third-order valence-electron chi connectivity index (χ3n) is 15.9. The predicted octanol–water partition coefficient (Wildman–Crippen LogP) is 23.7. The number of rotatable bonds is 68. The maximum Gasteiger partial charge on any atom is 0.361 e. The first-order chi connectivity index (χ1) is 44.6. The molecule has 0 fully saturated rings. The number of nitrogens with zero attached hydrogens (tertiary/aromatic N) is 1. The lowest BCUT2D eigenvalue weighted by molar-refractivity contribution is -0.870. The van der Waals surface area contributed by atoms with Gasteiger partial charge in [-0.1, -0.05) is 314 Å². The number of esters is 2. The van der Waals surface area contributed by atoms with Crippen molar-refractivity contribution in [3.8, 4) is 0 Å². The molecule has 0 radical (unpaired) electrons. The first-order valence-electron chi connectivity index (χ1n) is 37.3. The van der Waals surface area contributed by atoms with E-state index in [1.165, 1.54) is 167 Å². The molecule has 9 heteroatoms. The van der Waals surface area contributed by atoms with Gasteiger partial charge in [0.25, 0.3) is 6.29 Å². The lowest BCUT2D eigenvalue weighted by Crippen LogP contribution is -2.40. The maximum absolute atomic E-state index is 13.0. The molecule has 2 unspecified atom stereocenters. The largest absolute Gasteiger partial charge is 0.477 e. The van der Waals surface area contributed by atoms with Gasteiger partial charge in [-0.25, -0.2) is 4.79 Å². The van der Waals surface area contributed by atoms with Crippen LogP contribution in [0, 0.1) is 0 Å². The van der Waals surface area contributed by atoms with Gasteiger partial charge in [-0.2, -0.15) is 0 Å². The van der Waals surface area contributed by atoms with Crippen LogP contribution in [0.1, 0.15) is 309 Å². The second-order valence-electron chi connectivity index (χ2n) is 25.9. The number of carbonyl (C=O) groups is 3. The number of unbranched alkanes of at least 4 members (excludes halogenated alkanes) is 31. The van der Waals surface area contributed by atoms with Gasteiger partial charge in [-0.05, 0) is 116 Å². The number of aliphatic carboxylic acids is 1. The predicted molar refractivity (Wildman–Crippen MR) is 391 cm³/mol. The fraction of sp³-hybridized carbons (Fsp3) is 0.695. The summed E-state index contributed by atoms with van der Waals surface area (Å²) >= 11 is 0. The molecule has 91 heavy (non-hydrogen) atoms. The molecular weight excluding hydrogens is 1130 g/mol. The summed E-state index contributed by atoms with van der Waals surface area (Å²) in [6.45, 7) is 4.76. The molecule has 0 saturated heterocycles. The summed E-state index contributed by atoms with van der Waals surface area (Å²) in [5.41, 5.74) is 0. The highest BCUT2D eigenvalue weighted by molar-refractivity contribution is 5.71. The van der Waals surface area contributed by atoms with Gasteiger partial charge in [-0.3, -0.25) is 9.59 Å². The Labute approximate surface area is 560 Å². The molecule has 0 aliphatic heterocycles. The van der Waals surface area contributed by atoms with Crippen LogP contribution in [0.25, 0.3) is 0 Å². The van der Waals surface area contributed by atoms with Crippen molar-refractivity contribution in [3.05, 3.63) is 134 Å². The third-order valence-corrected chi connectivity index (χ3v) is 15.9. The van der Waals surface area contributed by atoms with Crippen LogP contribution >= 0.6 is 0 Å². The summed E-state index contributed by atoms with van der Waals surface area (Å²) in [5, 5.41) is 9.76. The van der Waals surface area contributed by atoms with E-state index in [1.807, 2.05) is 21.1 Å². The normalized spacial score (nSPS) is 13.5. The Morgan fingerprint density at radius 2 is 0.626 bits per heavy atom. The van der Waals surface area contributed by atoms with E-state index in [0.29, 0.717) is 23.9 Å². The number of allylic oxidation sites excluding steroid dienone is 22. The van der Waals surface area contributed by atoms with Gasteiger partial charge in [0.1, 0.15) is 13.2 Å².